The van der Waals surface area contributed by atoms with Crippen molar-refractivity contribution in [3.05, 3.63) is 25.3 Å². The van der Waals surface area contributed by atoms with Gasteiger partial charge in [-0.25, -0.2) is 0 Å². The van der Waals surface area contributed by atoms with Crippen LogP contribution in [0.2, 0.25) is 0 Å². The molecule has 2 N–H and O–H groups in total. The Bertz CT molecular complexity index is 366. The monoisotopic (exact) mass is 308 g/mol. The third-order valence-electron chi connectivity index (χ3n) is 5.68. The Labute approximate surface area is 137 Å². The Kier molecular flexibility index (Phi) is 6.88. The first-order valence-corrected chi connectivity index (χ1v) is 8.76. The highest BCUT2D eigenvalue weighted by molar-refractivity contribution is 4.97. The lowest BCUT2D eigenvalue weighted by molar-refractivity contribution is 0.0344. The third-order valence-corrected chi connectivity index (χ3v) is 5.68. The highest BCUT2D eigenvalue weighted by atomic mass is 16.3. The van der Waals surface area contributed by atoms with Gasteiger partial charge in [0.05, 0.1) is 12.2 Å². The van der Waals surface area contributed by atoms with Crippen molar-refractivity contribution in [2.45, 2.75) is 78.4 Å². The van der Waals surface area contributed by atoms with Gasteiger partial charge in [-0.3, -0.25) is 0 Å². The van der Waals surface area contributed by atoms with E-state index in [1.54, 1.807) is 0 Å². The maximum atomic E-state index is 9.60. The van der Waals surface area contributed by atoms with Crippen LogP contribution >= 0.6 is 0 Å². The SMILES string of the molecule is C=CC1(C)CC(C)CC(O)C1.C=CC1(C)CCC(C)C(O)C1. The zero-order chi connectivity index (χ0) is 17.0. The number of allylic oxidation sites excluding steroid dienone is 2. The lowest BCUT2D eigenvalue weighted by atomic mass is 9.70. The van der Waals surface area contributed by atoms with Crippen LogP contribution in [0.4, 0.5) is 0 Å². The van der Waals surface area contributed by atoms with E-state index in [-0.39, 0.29) is 23.0 Å². The van der Waals surface area contributed by atoms with E-state index in [9.17, 15) is 10.2 Å². The molecule has 6 unspecified atom stereocenters. The fourth-order valence-electron chi connectivity index (χ4n) is 3.93. The molecule has 0 aromatic rings. The fourth-order valence-corrected chi connectivity index (χ4v) is 3.93. The molecule has 2 nitrogen and oxygen atoms in total. The Morgan fingerprint density at radius 2 is 1.55 bits per heavy atom. The molecule has 0 bridgehead atoms. The number of hydrogen-bond donors (Lipinski definition) is 2. The Morgan fingerprint density at radius 3 is 2.00 bits per heavy atom. The maximum Gasteiger partial charge on any atom is 0.0573 e. The Balaban J connectivity index is 0.000000220. The second kappa shape index (κ2) is 7.79. The van der Waals surface area contributed by atoms with E-state index >= 15 is 0 Å². The number of hydrogen-bond acceptors (Lipinski definition) is 2. The van der Waals surface area contributed by atoms with E-state index in [2.05, 4.69) is 40.9 Å². The number of rotatable bonds is 2. The summed E-state index contributed by atoms with van der Waals surface area (Å²) >= 11 is 0. The number of aliphatic hydroxyl groups is 2. The van der Waals surface area contributed by atoms with Crippen molar-refractivity contribution in [2.24, 2.45) is 22.7 Å². The summed E-state index contributed by atoms with van der Waals surface area (Å²) in [5.74, 6) is 1.12. The van der Waals surface area contributed by atoms with E-state index in [1.165, 1.54) is 12.8 Å². The summed E-state index contributed by atoms with van der Waals surface area (Å²) in [7, 11) is 0. The normalized spacial score (nSPS) is 45.4. The van der Waals surface area contributed by atoms with Crippen LogP contribution in [0.15, 0.2) is 25.3 Å². The minimum absolute atomic E-state index is 0.109. The quantitative estimate of drug-likeness (QED) is 0.725. The van der Waals surface area contributed by atoms with Gasteiger partial charge in [-0.1, -0.05) is 39.8 Å². The van der Waals surface area contributed by atoms with Crippen molar-refractivity contribution < 1.29 is 10.2 Å². The Hall–Kier alpha value is -0.600. The zero-order valence-electron chi connectivity index (χ0n) is 15.0. The van der Waals surface area contributed by atoms with Crippen molar-refractivity contribution in [3.63, 3.8) is 0 Å². The predicted molar refractivity (Wildman–Crippen MR) is 94.7 cm³/mol. The standard InChI is InChI=1S/2C10H18O/c1-4-10(3)6-8(2)5-9(11)7-10;1-4-10(3)6-5-8(2)9(11)7-10/h2*4,8-9,11H,1,5-7H2,2-3H3. The average molecular weight is 309 g/mol. The van der Waals surface area contributed by atoms with Gasteiger partial charge in [0.15, 0.2) is 0 Å². The van der Waals surface area contributed by atoms with Crippen LogP contribution in [0.25, 0.3) is 0 Å². The van der Waals surface area contributed by atoms with E-state index in [0.29, 0.717) is 11.8 Å². The molecule has 0 saturated heterocycles. The highest BCUT2D eigenvalue weighted by Gasteiger charge is 2.33. The average Bonchev–Trinajstić information content (AvgIpc) is 2.43. The van der Waals surface area contributed by atoms with Gasteiger partial charge < -0.3 is 10.2 Å². The molecule has 0 aromatic carbocycles. The summed E-state index contributed by atoms with van der Waals surface area (Å²) in [6.45, 7) is 16.3. The molecule has 0 radical (unpaired) electrons. The molecule has 2 aliphatic carbocycles. The van der Waals surface area contributed by atoms with Crippen molar-refractivity contribution >= 4 is 0 Å². The van der Waals surface area contributed by atoms with Crippen molar-refractivity contribution in [3.8, 4) is 0 Å². The molecule has 0 aromatic heterocycles. The van der Waals surface area contributed by atoms with E-state index in [4.69, 9.17) is 0 Å². The molecule has 0 aliphatic heterocycles. The highest BCUT2D eigenvalue weighted by Crippen LogP contribution is 2.40. The molecule has 2 heteroatoms. The molecular weight excluding hydrogens is 272 g/mol. The lowest BCUT2D eigenvalue weighted by Gasteiger charge is -2.37. The molecule has 2 fully saturated rings. The second-order valence-electron chi connectivity index (χ2n) is 8.41. The summed E-state index contributed by atoms with van der Waals surface area (Å²) in [5.41, 5.74) is 0.364. The molecule has 0 heterocycles. The minimum Gasteiger partial charge on any atom is -0.393 e. The van der Waals surface area contributed by atoms with Gasteiger partial charge in [0.2, 0.25) is 0 Å². The van der Waals surface area contributed by atoms with Crippen LogP contribution in [0.1, 0.15) is 66.2 Å². The first-order valence-electron chi connectivity index (χ1n) is 8.76. The second-order valence-corrected chi connectivity index (χ2v) is 8.41. The van der Waals surface area contributed by atoms with E-state index in [0.717, 1.165) is 25.7 Å². The number of aliphatic hydroxyl groups excluding tert-OH is 2. The van der Waals surface area contributed by atoms with E-state index in [1.807, 2.05) is 12.2 Å². The smallest absolute Gasteiger partial charge is 0.0573 e. The molecule has 6 atom stereocenters. The van der Waals surface area contributed by atoms with Crippen LogP contribution in [-0.2, 0) is 0 Å². The summed E-state index contributed by atoms with van der Waals surface area (Å²) in [6, 6.07) is 0. The van der Waals surface area contributed by atoms with Gasteiger partial charge in [0.25, 0.3) is 0 Å². The van der Waals surface area contributed by atoms with Gasteiger partial charge >= 0.3 is 0 Å². The molecular formula is C20H36O2. The topological polar surface area (TPSA) is 40.5 Å². The van der Waals surface area contributed by atoms with Crippen LogP contribution in [-0.4, -0.2) is 22.4 Å². The van der Waals surface area contributed by atoms with Crippen LogP contribution in [0.3, 0.4) is 0 Å². The summed E-state index contributed by atoms with van der Waals surface area (Å²) in [5, 5.41) is 19.1. The summed E-state index contributed by atoms with van der Waals surface area (Å²) in [4.78, 5) is 0. The summed E-state index contributed by atoms with van der Waals surface area (Å²) in [6.07, 6.45) is 9.97. The third kappa shape index (κ3) is 5.55. The van der Waals surface area contributed by atoms with Gasteiger partial charge in [-0.05, 0) is 61.2 Å². The van der Waals surface area contributed by atoms with Crippen LogP contribution in [0.5, 0.6) is 0 Å². The maximum absolute atomic E-state index is 9.60. The van der Waals surface area contributed by atoms with Gasteiger partial charge in [0, 0.05) is 0 Å². The lowest BCUT2D eigenvalue weighted by Crippen LogP contribution is -2.32. The van der Waals surface area contributed by atoms with Gasteiger partial charge in [-0.2, -0.15) is 0 Å². The molecule has 0 spiro atoms. The first-order chi connectivity index (χ1) is 10.1. The molecule has 128 valence electrons. The molecule has 2 saturated carbocycles. The van der Waals surface area contributed by atoms with Gasteiger partial charge in [0.1, 0.15) is 0 Å². The van der Waals surface area contributed by atoms with Crippen molar-refractivity contribution in [1.82, 2.24) is 0 Å². The largest absolute Gasteiger partial charge is 0.393 e. The van der Waals surface area contributed by atoms with Crippen molar-refractivity contribution in [1.29, 1.82) is 0 Å². The van der Waals surface area contributed by atoms with Crippen LogP contribution < -0.4 is 0 Å². The zero-order valence-corrected chi connectivity index (χ0v) is 15.0. The van der Waals surface area contributed by atoms with Gasteiger partial charge in [-0.15, -0.1) is 13.2 Å². The molecule has 2 rings (SSSR count). The molecule has 2 aliphatic rings. The predicted octanol–water partition coefficient (Wildman–Crippen LogP) is 4.72. The first kappa shape index (κ1) is 19.4. The van der Waals surface area contributed by atoms with Crippen LogP contribution in [0, 0.1) is 22.7 Å². The molecule has 22 heavy (non-hydrogen) atoms. The minimum atomic E-state index is -0.119. The Morgan fingerprint density at radius 1 is 0.955 bits per heavy atom. The van der Waals surface area contributed by atoms with Crippen molar-refractivity contribution in [2.75, 3.05) is 0 Å². The molecule has 0 amide bonds. The fraction of sp³-hybridized carbons (Fsp3) is 0.800. The summed E-state index contributed by atoms with van der Waals surface area (Å²) < 4.78 is 0. The van der Waals surface area contributed by atoms with E-state index < -0.39 is 0 Å².